The molecule has 2 heterocycles. The maximum atomic E-state index is 11.0. The normalized spacial score (nSPS) is 31.8. The summed E-state index contributed by atoms with van der Waals surface area (Å²) in [5.74, 6) is 0.324. The number of β-lactam (4-membered cyclic amide) rings is 1. The predicted octanol–water partition coefficient (Wildman–Crippen LogP) is 0.318. The van der Waals surface area contributed by atoms with Crippen LogP contribution in [0.15, 0.2) is 0 Å². The first kappa shape index (κ1) is 7.10. The lowest BCUT2D eigenvalue weighted by atomic mass is 10.1. The van der Waals surface area contributed by atoms with Gasteiger partial charge in [0.25, 0.3) is 0 Å². The van der Waals surface area contributed by atoms with E-state index in [2.05, 4.69) is 5.32 Å². The Hall–Kier alpha value is -0.570. The highest BCUT2D eigenvalue weighted by atomic mass is 16.2. The monoisotopic (exact) mass is 154 g/mol. The van der Waals surface area contributed by atoms with E-state index in [0.717, 1.165) is 25.9 Å². The van der Waals surface area contributed by atoms with Crippen LogP contribution in [-0.2, 0) is 4.79 Å². The first-order valence-electron chi connectivity index (χ1n) is 4.41. The van der Waals surface area contributed by atoms with Crippen LogP contribution in [0.5, 0.6) is 0 Å². The van der Waals surface area contributed by atoms with Crippen LogP contribution >= 0.6 is 0 Å². The number of rotatable bonds is 1. The van der Waals surface area contributed by atoms with Gasteiger partial charge in [-0.3, -0.25) is 10.1 Å². The number of nitrogens with one attached hydrogen (secondary N) is 1. The van der Waals surface area contributed by atoms with Gasteiger partial charge in [-0.05, 0) is 25.8 Å². The maximum Gasteiger partial charge on any atom is 0.225 e. The van der Waals surface area contributed by atoms with E-state index in [-0.39, 0.29) is 0 Å². The van der Waals surface area contributed by atoms with Gasteiger partial charge in [0.05, 0.1) is 6.17 Å². The zero-order chi connectivity index (χ0) is 7.68. The Balaban J connectivity index is 1.88. The summed E-state index contributed by atoms with van der Waals surface area (Å²) in [5, 5.41) is 3.36. The van der Waals surface area contributed by atoms with Crippen molar-refractivity contribution in [1.82, 2.24) is 10.2 Å². The van der Waals surface area contributed by atoms with Crippen LogP contribution in [0.2, 0.25) is 0 Å². The molecule has 3 heteroatoms. The van der Waals surface area contributed by atoms with Crippen molar-refractivity contribution in [2.75, 3.05) is 13.1 Å². The molecular formula is C8H14N2O. The number of nitrogens with zero attached hydrogens (tertiary/aromatic N) is 1. The lowest BCUT2D eigenvalue weighted by Crippen LogP contribution is -2.57. The molecular weight excluding hydrogens is 140 g/mol. The predicted molar refractivity (Wildman–Crippen MR) is 42.0 cm³/mol. The second-order valence-corrected chi connectivity index (χ2v) is 3.30. The van der Waals surface area contributed by atoms with E-state index in [4.69, 9.17) is 0 Å². The van der Waals surface area contributed by atoms with E-state index in [9.17, 15) is 4.79 Å². The fourth-order valence-corrected chi connectivity index (χ4v) is 1.76. The maximum absolute atomic E-state index is 11.0. The molecule has 11 heavy (non-hydrogen) atoms. The molecule has 0 saturated carbocycles. The molecule has 0 radical (unpaired) electrons. The number of piperidine rings is 1. The minimum atomic E-state index is 0.324. The summed E-state index contributed by atoms with van der Waals surface area (Å²) >= 11 is 0. The van der Waals surface area contributed by atoms with Gasteiger partial charge in [0.1, 0.15) is 0 Å². The van der Waals surface area contributed by atoms with Gasteiger partial charge in [0.2, 0.25) is 5.91 Å². The Morgan fingerprint density at radius 3 is 2.82 bits per heavy atom. The van der Waals surface area contributed by atoms with Crippen LogP contribution in [-0.4, -0.2) is 30.1 Å². The van der Waals surface area contributed by atoms with Crippen LogP contribution in [0, 0.1) is 0 Å². The SMILES string of the molecule is O=C1CCN1C1CCCCN1. The molecule has 0 aromatic rings. The van der Waals surface area contributed by atoms with E-state index in [0.29, 0.717) is 12.1 Å². The quantitative estimate of drug-likeness (QED) is 0.552. The van der Waals surface area contributed by atoms with Crippen LogP contribution < -0.4 is 5.32 Å². The standard InChI is InChI=1S/C8H14N2O/c11-8-4-6-10(8)7-3-1-2-5-9-7/h7,9H,1-6H2. The molecule has 0 aliphatic carbocycles. The Labute approximate surface area is 66.8 Å². The molecule has 2 aliphatic rings. The molecule has 0 aromatic heterocycles. The van der Waals surface area contributed by atoms with Gasteiger partial charge in [-0.2, -0.15) is 0 Å². The van der Waals surface area contributed by atoms with E-state index in [1.165, 1.54) is 12.8 Å². The lowest BCUT2D eigenvalue weighted by molar-refractivity contribution is -0.144. The van der Waals surface area contributed by atoms with Gasteiger partial charge in [0.15, 0.2) is 0 Å². The summed E-state index contributed by atoms with van der Waals surface area (Å²) in [6, 6.07) is 0. The third-order valence-electron chi connectivity index (χ3n) is 2.55. The Bertz CT molecular complexity index is 163. The van der Waals surface area contributed by atoms with Gasteiger partial charge < -0.3 is 4.90 Å². The highest BCUT2D eigenvalue weighted by Gasteiger charge is 2.31. The first-order valence-corrected chi connectivity index (χ1v) is 4.41. The molecule has 2 fully saturated rings. The van der Waals surface area contributed by atoms with Gasteiger partial charge in [-0.15, -0.1) is 0 Å². The molecule has 2 saturated heterocycles. The molecule has 1 amide bonds. The van der Waals surface area contributed by atoms with E-state index < -0.39 is 0 Å². The molecule has 1 atom stereocenters. The second-order valence-electron chi connectivity index (χ2n) is 3.30. The smallest absolute Gasteiger partial charge is 0.225 e. The van der Waals surface area contributed by atoms with Crippen molar-refractivity contribution in [3.05, 3.63) is 0 Å². The van der Waals surface area contributed by atoms with Crippen LogP contribution in [0.3, 0.4) is 0 Å². The molecule has 0 spiro atoms. The fourth-order valence-electron chi connectivity index (χ4n) is 1.76. The summed E-state index contributed by atoms with van der Waals surface area (Å²) < 4.78 is 0. The molecule has 0 aromatic carbocycles. The van der Waals surface area contributed by atoms with Crippen LogP contribution in [0.25, 0.3) is 0 Å². The van der Waals surface area contributed by atoms with E-state index >= 15 is 0 Å². The molecule has 62 valence electrons. The number of hydrogen-bond donors (Lipinski definition) is 1. The average molecular weight is 154 g/mol. The van der Waals surface area contributed by atoms with Crippen molar-refractivity contribution in [2.24, 2.45) is 0 Å². The molecule has 2 aliphatic heterocycles. The largest absolute Gasteiger partial charge is 0.327 e. The summed E-state index contributed by atoms with van der Waals surface area (Å²) in [4.78, 5) is 13.0. The van der Waals surface area contributed by atoms with Crippen molar-refractivity contribution in [1.29, 1.82) is 0 Å². The number of likely N-dealkylation sites (tertiary alicyclic amines) is 1. The van der Waals surface area contributed by atoms with E-state index in [1.807, 2.05) is 4.90 Å². The molecule has 3 nitrogen and oxygen atoms in total. The highest BCUT2D eigenvalue weighted by molar-refractivity contribution is 5.81. The van der Waals surface area contributed by atoms with E-state index in [1.54, 1.807) is 0 Å². The van der Waals surface area contributed by atoms with Crippen molar-refractivity contribution in [2.45, 2.75) is 31.8 Å². The zero-order valence-corrected chi connectivity index (χ0v) is 6.68. The van der Waals surface area contributed by atoms with Gasteiger partial charge in [-0.25, -0.2) is 0 Å². The van der Waals surface area contributed by atoms with Crippen LogP contribution in [0.4, 0.5) is 0 Å². The van der Waals surface area contributed by atoms with Crippen molar-refractivity contribution in [3.8, 4) is 0 Å². The summed E-state index contributed by atoms with van der Waals surface area (Å²) in [6.45, 7) is 2.05. The van der Waals surface area contributed by atoms with Gasteiger partial charge >= 0.3 is 0 Å². The molecule has 1 unspecified atom stereocenters. The number of carbonyl (C=O) groups is 1. The first-order chi connectivity index (χ1) is 5.38. The summed E-state index contributed by atoms with van der Waals surface area (Å²) in [5.41, 5.74) is 0. The zero-order valence-electron chi connectivity index (χ0n) is 6.68. The Morgan fingerprint density at radius 2 is 2.36 bits per heavy atom. The Morgan fingerprint density at radius 1 is 1.45 bits per heavy atom. The Kier molecular flexibility index (Phi) is 1.82. The van der Waals surface area contributed by atoms with Crippen molar-refractivity contribution < 1.29 is 4.79 Å². The summed E-state index contributed by atoms with van der Waals surface area (Å²) in [6.07, 6.45) is 4.80. The third-order valence-corrected chi connectivity index (χ3v) is 2.55. The van der Waals surface area contributed by atoms with Gasteiger partial charge in [0, 0.05) is 13.0 Å². The highest BCUT2D eigenvalue weighted by Crippen LogP contribution is 2.18. The average Bonchev–Trinajstić information content (AvgIpc) is 2.04. The third kappa shape index (κ3) is 1.25. The van der Waals surface area contributed by atoms with Crippen molar-refractivity contribution >= 4 is 5.91 Å². The fraction of sp³-hybridized carbons (Fsp3) is 0.875. The molecule has 2 rings (SSSR count). The number of hydrogen-bond acceptors (Lipinski definition) is 2. The van der Waals surface area contributed by atoms with Gasteiger partial charge in [-0.1, -0.05) is 0 Å². The van der Waals surface area contributed by atoms with Crippen LogP contribution in [0.1, 0.15) is 25.7 Å². The molecule has 1 N–H and O–H groups in total. The topological polar surface area (TPSA) is 32.3 Å². The number of amides is 1. The minimum absolute atomic E-state index is 0.324. The molecule has 0 bridgehead atoms. The minimum Gasteiger partial charge on any atom is -0.327 e. The number of carbonyl (C=O) groups excluding carboxylic acids is 1. The lowest BCUT2D eigenvalue weighted by Gasteiger charge is -2.40. The van der Waals surface area contributed by atoms with Crippen molar-refractivity contribution in [3.63, 3.8) is 0 Å². The summed E-state index contributed by atoms with van der Waals surface area (Å²) in [7, 11) is 0. The second kappa shape index (κ2) is 2.81.